The minimum absolute atomic E-state index is 0.477. The van der Waals surface area contributed by atoms with Crippen molar-refractivity contribution in [2.75, 3.05) is 26.3 Å². The first-order valence-electron chi connectivity index (χ1n) is 8.21. The molecule has 1 aromatic heterocycles. The number of nitrogens with one attached hydrogen (secondary N) is 2. The molecule has 22 heavy (non-hydrogen) atoms. The van der Waals surface area contributed by atoms with Crippen LogP contribution in [0, 0.1) is 0 Å². The van der Waals surface area contributed by atoms with Crippen LogP contribution >= 0.6 is 11.3 Å². The summed E-state index contributed by atoms with van der Waals surface area (Å²) in [5.41, 5.74) is 1.16. The second-order valence-electron chi connectivity index (χ2n) is 5.35. The van der Waals surface area contributed by atoms with Crippen LogP contribution in [0.1, 0.15) is 57.2 Å². The van der Waals surface area contributed by atoms with Crippen LogP contribution in [0.2, 0.25) is 0 Å². The molecule has 0 aromatic carbocycles. The molecule has 5 nitrogen and oxygen atoms in total. The van der Waals surface area contributed by atoms with Crippen LogP contribution in [0.5, 0.6) is 0 Å². The zero-order valence-electron chi connectivity index (χ0n) is 14.3. The molecule has 0 unspecified atom stereocenters. The van der Waals surface area contributed by atoms with E-state index >= 15 is 0 Å². The molecule has 126 valence electrons. The van der Waals surface area contributed by atoms with Crippen molar-refractivity contribution in [3.05, 3.63) is 16.1 Å². The van der Waals surface area contributed by atoms with E-state index in [-0.39, 0.29) is 0 Å². The number of aromatic nitrogens is 1. The predicted octanol–water partition coefficient (Wildman–Crippen LogP) is 3.14. The summed E-state index contributed by atoms with van der Waals surface area (Å²) in [6.07, 6.45) is 2.16. The smallest absolute Gasteiger partial charge is 0.191 e. The van der Waals surface area contributed by atoms with Crippen molar-refractivity contribution in [1.82, 2.24) is 15.6 Å². The Morgan fingerprint density at radius 1 is 1.32 bits per heavy atom. The second kappa shape index (κ2) is 11.4. The van der Waals surface area contributed by atoms with Gasteiger partial charge in [0.15, 0.2) is 5.96 Å². The number of aliphatic imine (C=N–C) groups is 1. The van der Waals surface area contributed by atoms with Crippen molar-refractivity contribution in [1.29, 1.82) is 0 Å². The summed E-state index contributed by atoms with van der Waals surface area (Å²) in [6, 6.07) is 0. The quantitative estimate of drug-likeness (QED) is 0.394. The van der Waals surface area contributed by atoms with Crippen molar-refractivity contribution in [2.45, 2.75) is 53.0 Å². The molecule has 0 saturated carbocycles. The van der Waals surface area contributed by atoms with Crippen LogP contribution in [0.25, 0.3) is 0 Å². The topological polar surface area (TPSA) is 58.5 Å². The van der Waals surface area contributed by atoms with Gasteiger partial charge in [-0.3, -0.25) is 0 Å². The first kappa shape index (κ1) is 18.9. The molecular weight excluding hydrogens is 296 g/mol. The van der Waals surface area contributed by atoms with E-state index in [9.17, 15) is 0 Å². The molecule has 0 atom stereocenters. The van der Waals surface area contributed by atoms with Gasteiger partial charge in [-0.15, -0.1) is 11.3 Å². The molecule has 0 spiro atoms. The van der Waals surface area contributed by atoms with Gasteiger partial charge in [-0.25, -0.2) is 9.98 Å². The summed E-state index contributed by atoms with van der Waals surface area (Å²) >= 11 is 1.69. The summed E-state index contributed by atoms with van der Waals surface area (Å²) in [6.45, 7) is 12.5. The number of hydrogen-bond donors (Lipinski definition) is 2. The third-order valence-electron chi connectivity index (χ3n) is 3.09. The highest BCUT2D eigenvalue weighted by Gasteiger charge is 2.05. The molecular formula is C16H30N4OS. The van der Waals surface area contributed by atoms with E-state index in [1.807, 2.05) is 6.92 Å². The first-order valence-corrected chi connectivity index (χ1v) is 9.09. The van der Waals surface area contributed by atoms with Crippen LogP contribution in [0.3, 0.4) is 0 Å². The fraction of sp³-hybridized carbons (Fsp3) is 0.750. The Morgan fingerprint density at radius 3 is 2.77 bits per heavy atom. The molecule has 1 heterocycles. The molecule has 2 N–H and O–H groups in total. The zero-order chi connectivity index (χ0) is 16.2. The fourth-order valence-corrected chi connectivity index (χ4v) is 2.71. The minimum atomic E-state index is 0.477. The zero-order valence-corrected chi connectivity index (χ0v) is 15.1. The summed E-state index contributed by atoms with van der Waals surface area (Å²) in [5, 5.41) is 9.82. The van der Waals surface area contributed by atoms with Gasteiger partial charge in [0.25, 0.3) is 0 Å². The van der Waals surface area contributed by atoms with Crippen molar-refractivity contribution in [2.24, 2.45) is 4.99 Å². The van der Waals surface area contributed by atoms with Crippen molar-refractivity contribution in [3.63, 3.8) is 0 Å². The summed E-state index contributed by atoms with van der Waals surface area (Å²) < 4.78 is 5.33. The maximum Gasteiger partial charge on any atom is 0.191 e. The van der Waals surface area contributed by atoms with Crippen molar-refractivity contribution < 1.29 is 4.74 Å². The van der Waals surface area contributed by atoms with E-state index in [1.165, 1.54) is 0 Å². The van der Waals surface area contributed by atoms with Gasteiger partial charge in [0.2, 0.25) is 0 Å². The molecule has 0 aliphatic carbocycles. The summed E-state index contributed by atoms with van der Waals surface area (Å²) in [7, 11) is 0. The lowest BCUT2D eigenvalue weighted by Gasteiger charge is -2.10. The third-order valence-corrected chi connectivity index (χ3v) is 3.94. The molecule has 1 rings (SSSR count). The summed E-state index contributed by atoms with van der Waals surface area (Å²) in [5.74, 6) is 1.34. The average Bonchev–Trinajstić information content (AvgIpc) is 2.97. The fourth-order valence-electron chi connectivity index (χ4n) is 1.83. The van der Waals surface area contributed by atoms with Gasteiger partial charge in [0.05, 0.1) is 12.2 Å². The monoisotopic (exact) mass is 326 g/mol. The van der Waals surface area contributed by atoms with Gasteiger partial charge >= 0.3 is 0 Å². The standard InChI is InChI=1S/C16H30N4OS/c1-5-17-16(18-9-7-8-10-21-6-2)19-11-15-20-14(12-22-15)13(3)4/h12-13H,5-11H2,1-4H3,(H2,17,18,19). The molecule has 6 heteroatoms. The number of thiazole rings is 1. The third kappa shape index (κ3) is 7.75. The van der Waals surface area contributed by atoms with Crippen LogP contribution < -0.4 is 10.6 Å². The van der Waals surface area contributed by atoms with E-state index in [0.717, 1.165) is 55.8 Å². The van der Waals surface area contributed by atoms with E-state index in [1.54, 1.807) is 11.3 Å². The Bertz CT molecular complexity index is 432. The van der Waals surface area contributed by atoms with Crippen molar-refractivity contribution in [3.8, 4) is 0 Å². The number of unbranched alkanes of at least 4 members (excludes halogenated alkanes) is 1. The lowest BCUT2D eigenvalue weighted by atomic mass is 10.2. The van der Waals surface area contributed by atoms with Gasteiger partial charge in [-0.05, 0) is 32.6 Å². The average molecular weight is 327 g/mol. The molecule has 0 amide bonds. The van der Waals surface area contributed by atoms with Gasteiger partial charge < -0.3 is 15.4 Å². The Kier molecular flexibility index (Phi) is 9.82. The first-order chi connectivity index (χ1) is 10.7. The van der Waals surface area contributed by atoms with Crippen LogP contribution in [-0.4, -0.2) is 37.2 Å². The Morgan fingerprint density at radius 2 is 2.14 bits per heavy atom. The number of nitrogens with zero attached hydrogens (tertiary/aromatic N) is 2. The van der Waals surface area contributed by atoms with Crippen molar-refractivity contribution >= 4 is 17.3 Å². The Labute approximate surface area is 138 Å². The van der Waals surface area contributed by atoms with Crippen LogP contribution in [-0.2, 0) is 11.3 Å². The van der Waals surface area contributed by atoms with Crippen LogP contribution in [0.15, 0.2) is 10.4 Å². The highest BCUT2D eigenvalue weighted by molar-refractivity contribution is 7.09. The highest BCUT2D eigenvalue weighted by atomic mass is 32.1. The maximum absolute atomic E-state index is 5.33. The Hall–Kier alpha value is -1.14. The second-order valence-corrected chi connectivity index (χ2v) is 6.29. The molecule has 0 aliphatic heterocycles. The van der Waals surface area contributed by atoms with Gasteiger partial charge in [-0.1, -0.05) is 13.8 Å². The number of ether oxygens (including phenoxy) is 1. The lowest BCUT2D eigenvalue weighted by Crippen LogP contribution is -2.37. The molecule has 0 radical (unpaired) electrons. The molecule has 0 bridgehead atoms. The van der Waals surface area contributed by atoms with Gasteiger partial charge in [0.1, 0.15) is 5.01 Å². The minimum Gasteiger partial charge on any atom is -0.382 e. The largest absolute Gasteiger partial charge is 0.382 e. The van der Waals surface area contributed by atoms with Gasteiger partial charge in [-0.2, -0.15) is 0 Å². The lowest BCUT2D eigenvalue weighted by molar-refractivity contribution is 0.143. The number of guanidine groups is 1. The van der Waals surface area contributed by atoms with Gasteiger partial charge in [0, 0.05) is 31.7 Å². The SMILES string of the molecule is CCNC(=NCc1nc(C(C)C)cs1)NCCCCOCC. The highest BCUT2D eigenvalue weighted by Crippen LogP contribution is 2.18. The normalized spacial score (nSPS) is 12.0. The predicted molar refractivity (Wildman–Crippen MR) is 94.7 cm³/mol. The maximum atomic E-state index is 5.33. The van der Waals surface area contributed by atoms with E-state index in [4.69, 9.17) is 4.74 Å². The Balaban J connectivity index is 2.37. The number of rotatable bonds is 10. The van der Waals surface area contributed by atoms with Crippen LogP contribution in [0.4, 0.5) is 0 Å². The van der Waals surface area contributed by atoms with E-state index < -0.39 is 0 Å². The molecule has 1 aromatic rings. The summed E-state index contributed by atoms with van der Waals surface area (Å²) in [4.78, 5) is 9.21. The molecule has 0 fully saturated rings. The number of hydrogen-bond acceptors (Lipinski definition) is 4. The molecule has 0 aliphatic rings. The molecule has 0 saturated heterocycles. The van der Waals surface area contributed by atoms with E-state index in [2.05, 4.69) is 46.8 Å². The van der Waals surface area contributed by atoms with E-state index in [0.29, 0.717) is 12.5 Å².